The second kappa shape index (κ2) is 7.81. The third-order valence-electron chi connectivity index (χ3n) is 3.73. The van der Waals surface area contributed by atoms with Crippen LogP contribution in [0.25, 0.3) is 0 Å². The molecule has 1 aliphatic rings. The van der Waals surface area contributed by atoms with Crippen LogP contribution in [0.5, 0.6) is 0 Å². The quantitative estimate of drug-likeness (QED) is 0.727. The number of amides is 1. The summed E-state index contributed by atoms with van der Waals surface area (Å²) in [6, 6.07) is 0.144. The van der Waals surface area contributed by atoms with Crippen molar-refractivity contribution >= 4 is 12.1 Å². The van der Waals surface area contributed by atoms with Gasteiger partial charge in [0.25, 0.3) is 0 Å². The van der Waals surface area contributed by atoms with Gasteiger partial charge in [0.2, 0.25) is 0 Å². The summed E-state index contributed by atoms with van der Waals surface area (Å²) in [7, 11) is 0. The average molecular weight is 269 g/mol. The smallest absolute Gasteiger partial charge is 0.407 e. The Hall–Kier alpha value is -1.52. The number of ether oxygens (including phenoxy) is 1. The second-order valence-corrected chi connectivity index (χ2v) is 5.22. The molecule has 1 atom stereocenters. The van der Waals surface area contributed by atoms with Crippen LogP contribution in [0.3, 0.4) is 0 Å². The molecule has 0 aromatic carbocycles. The maximum atomic E-state index is 11.4. The minimum atomic E-state index is -0.735. The van der Waals surface area contributed by atoms with Crippen molar-refractivity contribution in [2.24, 2.45) is 11.8 Å². The predicted molar refractivity (Wildman–Crippen MR) is 71.8 cm³/mol. The molecule has 1 saturated carbocycles. The number of carboxylic acids is 1. The minimum absolute atomic E-state index is 0.144. The van der Waals surface area contributed by atoms with Crippen LogP contribution in [0.1, 0.15) is 39.0 Å². The van der Waals surface area contributed by atoms with E-state index in [1.165, 1.54) is 6.08 Å². The zero-order valence-corrected chi connectivity index (χ0v) is 11.4. The van der Waals surface area contributed by atoms with E-state index in [1.807, 2.05) is 6.92 Å². The van der Waals surface area contributed by atoms with Crippen molar-refractivity contribution < 1.29 is 19.4 Å². The SMILES string of the molecule is C=CCOC(=O)NC1CCC(C(C)CC(=O)O)CC1. The van der Waals surface area contributed by atoms with E-state index < -0.39 is 12.1 Å². The zero-order valence-electron chi connectivity index (χ0n) is 11.4. The van der Waals surface area contributed by atoms with Gasteiger partial charge in [0.1, 0.15) is 6.61 Å². The Kier molecular flexibility index (Phi) is 6.39. The summed E-state index contributed by atoms with van der Waals surface area (Å²) in [6.07, 6.45) is 5.05. The Morgan fingerprint density at radius 2 is 2.05 bits per heavy atom. The van der Waals surface area contributed by atoms with Crippen molar-refractivity contribution in [3.63, 3.8) is 0 Å². The Labute approximate surface area is 114 Å². The van der Waals surface area contributed by atoms with E-state index in [-0.39, 0.29) is 25.0 Å². The van der Waals surface area contributed by atoms with E-state index in [4.69, 9.17) is 9.84 Å². The van der Waals surface area contributed by atoms with Gasteiger partial charge in [-0.2, -0.15) is 0 Å². The summed E-state index contributed by atoms with van der Waals surface area (Å²) < 4.78 is 4.88. The summed E-state index contributed by atoms with van der Waals surface area (Å²) in [5, 5.41) is 11.6. The van der Waals surface area contributed by atoms with E-state index in [9.17, 15) is 9.59 Å². The highest BCUT2D eigenvalue weighted by atomic mass is 16.5. The highest BCUT2D eigenvalue weighted by Crippen LogP contribution is 2.31. The van der Waals surface area contributed by atoms with Crippen LogP contribution in [0.15, 0.2) is 12.7 Å². The number of carbonyl (C=O) groups is 2. The fourth-order valence-corrected chi connectivity index (χ4v) is 2.62. The molecular weight excluding hydrogens is 246 g/mol. The molecule has 108 valence electrons. The Bertz CT molecular complexity index is 321. The molecule has 0 heterocycles. The van der Waals surface area contributed by atoms with Crippen molar-refractivity contribution in [2.75, 3.05) is 6.61 Å². The molecule has 1 amide bonds. The van der Waals surface area contributed by atoms with Crippen molar-refractivity contribution in [1.29, 1.82) is 0 Å². The number of carboxylic acid groups (broad SMARTS) is 1. The number of carbonyl (C=O) groups excluding carboxylic acids is 1. The maximum Gasteiger partial charge on any atom is 0.407 e. The van der Waals surface area contributed by atoms with E-state index in [0.717, 1.165) is 25.7 Å². The zero-order chi connectivity index (χ0) is 14.3. The molecular formula is C14H23NO4. The highest BCUT2D eigenvalue weighted by molar-refractivity contribution is 5.67. The van der Waals surface area contributed by atoms with Crippen molar-refractivity contribution in [3.05, 3.63) is 12.7 Å². The average Bonchev–Trinajstić information content (AvgIpc) is 2.36. The van der Waals surface area contributed by atoms with E-state index in [0.29, 0.717) is 5.92 Å². The first-order chi connectivity index (χ1) is 9.02. The first-order valence-electron chi connectivity index (χ1n) is 6.79. The minimum Gasteiger partial charge on any atom is -0.481 e. The monoisotopic (exact) mass is 269 g/mol. The summed E-state index contributed by atoms with van der Waals surface area (Å²) in [5.74, 6) is -0.0923. The normalized spacial score (nSPS) is 24.3. The Morgan fingerprint density at radius 3 is 2.58 bits per heavy atom. The Balaban J connectivity index is 2.26. The van der Waals surface area contributed by atoms with Gasteiger partial charge in [-0.15, -0.1) is 0 Å². The molecule has 0 radical (unpaired) electrons. The molecule has 0 aromatic rings. The van der Waals surface area contributed by atoms with E-state index in [2.05, 4.69) is 11.9 Å². The summed E-state index contributed by atoms with van der Waals surface area (Å²) in [5.41, 5.74) is 0. The molecule has 5 heteroatoms. The van der Waals surface area contributed by atoms with Gasteiger partial charge in [0.05, 0.1) is 0 Å². The van der Waals surface area contributed by atoms with Crippen LogP contribution in [-0.2, 0) is 9.53 Å². The van der Waals surface area contributed by atoms with Crippen LogP contribution in [-0.4, -0.2) is 29.8 Å². The maximum absolute atomic E-state index is 11.4. The van der Waals surface area contributed by atoms with Crippen LogP contribution in [0.2, 0.25) is 0 Å². The van der Waals surface area contributed by atoms with Crippen LogP contribution in [0.4, 0.5) is 4.79 Å². The molecule has 0 aromatic heterocycles. The van der Waals surface area contributed by atoms with Crippen LogP contribution < -0.4 is 5.32 Å². The van der Waals surface area contributed by atoms with Crippen LogP contribution in [0, 0.1) is 11.8 Å². The molecule has 5 nitrogen and oxygen atoms in total. The van der Waals surface area contributed by atoms with Crippen molar-refractivity contribution in [1.82, 2.24) is 5.32 Å². The van der Waals surface area contributed by atoms with Gasteiger partial charge >= 0.3 is 12.1 Å². The Morgan fingerprint density at radius 1 is 1.42 bits per heavy atom. The lowest BCUT2D eigenvalue weighted by molar-refractivity contribution is -0.138. The molecule has 19 heavy (non-hydrogen) atoms. The van der Waals surface area contributed by atoms with Gasteiger partial charge < -0.3 is 15.2 Å². The fraction of sp³-hybridized carbons (Fsp3) is 0.714. The van der Waals surface area contributed by atoms with Crippen LogP contribution >= 0.6 is 0 Å². The lowest BCUT2D eigenvalue weighted by Crippen LogP contribution is -2.38. The number of alkyl carbamates (subject to hydrolysis) is 1. The first kappa shape index (κ1) is 15.5. The number of hydrogen-bond donors (Lipinski definition) is 2. The molecule has 1 fully saturated rings. The fourth-order valence-electron chi connectivity index (χ4n) is 2.62. The second-order valence-electron chi connectivity index (χ2n) is 5.22. The summed E-state index contributed by atoms with van der Waals surface area (Å²) in [4.78, 5) is 22.1. The van der Waals surface area contributed by atoms with Gasteiger partial charge in [-0.05, 0) is 37.5 Å². The molecule has 0 saturated heterocycles. The van der Waals surface area contributed by atoms with Gasteiger partial charge in [-0.25, -0.2) is 4.79 Å². The largest absolute Gasteiger partial charge is 0.481 e. The van der Waals surface area contributed by atoms with Crippen molar-refractivity contribution in [3.8, 4) is 0 Å². The van der Waals surface area contributed by atoms with Crippen molar-refractivity contribution in [2.45, 2.75) is 45.1 Å². The van der Waals surface area contributed by atoms with Gasteiger partial charge in [0.15, 0.2) is 0 Å². The molecule has 0 bridgehead atoms. The lowest BCUT2D eigenvalue weighted by atomic mass is 9.78. The molecule has 0 spiro atoms. The lowest BCUT2D eigenvalue weighted by Gasteiger charge is -2.31. The third kappa shape index (κ3) is 5.77. The summed E-state index contributed by atoms with van der Waals surface area (Å²) in [6.45, 7) is 5.69. The molecule has 1 aliphatic carbocycles. The predicted octanol–water partition coefficient (Wildman–Crippen LogP) is 2.57. The molecule has 1 unspecified atom stereocenters. The van der Waals surface area contributed by atoms with Gasteiger partial charge in [0, 0.05) is 12.5 Å². The molecule has 0 aliphatic heterocycles. The van der Waals surface area contributed by atoms with Gasteiger partial charge in [-0.1, -0.05) is 19.6 Å². The highest BCUT2D eigenvalue weighted by Gasteiger charge is 2.27. The summed E-state index contributed by atoms with van der Waals surface area (Å²) >= 11 is 0. The standard InChI is InChI=1S/C14H23NO4/c1-3-8-19-14(18)15-12-6-4-11(5-7-12)10(2)9-13(16)17/h3,10-12H,1,4-9H2,2H3,(H,15,18)(H,16,17). The number of aliphatic carboxylic acids is 1. The van der Waals surface area contributed by atoms with Gasteiger partial charge in [-0.3, -0.25) is 4.79 Å². The first-order valence-corrected chi connectivity index (χ1v) is 6.79. The topological polar surface area (TPSA) is 75.6 Å². The van der Waals surface area contributed by atoms with E-state index >= 15 is 0 Å². The third-order valence-corrected chi connectivity index (χ3v) is 3.73. The van der Waals surface area contributed by atoms with E-state index in [1.54, 1.807) is 0 Å². The number of rotatable bonds is 6. The molecule has 2 N–H and O–H groups in total. The molecule has 1 rings (SSSR count). The number of nitrogens with one attached hydrogen (secondary N) is 1. The number of hydrogen-bond acceptors (Lipinski definition) is 3.